The lowest BCUT2D eigenvalue weighted by atomic mass is 10.1. The SMILES string of the molecule is CCOc1ccccc1-c1noc(COC(=O)c2ccc(Cl)cc2N2CCCC2=O)n1. The van der Waals surface area contributed by atoms with Crippen molar-refractivity contribution < 1.29 is 23.6 Å². The van der Waals surface area contributed by atoms with Crippen LogP contribution in [0.15, 0.2) is 47.0 Å². The summed E-state index contributed by atoms with van der Waals surface area (Å²) in [7, 11) is 0. The van der Waals surface area contributed by atoms with Crippen molar-refractivity contribution in [2.45, 2.75) is 26.4 Å². The Morgan fingerprint density at radius 3 is 2.87 bits per heavy atom. The average molecular weight is 442 g/mol. The van der Waals surface area contributed by atoms with Gasteiger partial charge in [0.25, 0.3) is 5.89 Å². The number of amides is 1. The topological polar surface area (TPSA) is 94.8 Å². The highest BCUT2D eigenvalue weighted by Gasteiger charge is 2.27. The van der Waals surface area contributed by atoms with Gasteiger partial charge in [0.1, 0.15) is 5.75 Å². The summed E-state index contributed by atoms with van der Waals surface area (Å²) < 4.78 is 16.2. The van der Waals surface area contributed by atoms with Crippen LogP contribution in [0.1, 0.15) is 36.0 Å². The number of carbonyl (C=O) groups excluding carboxylic acids is 2. The van der Waals surface area contributed by atoms with Crippen LogP contribution in [-0.2, 0) is 16.1 Å². The highest BCUT2D eigenvalue weighted by molar-refractivity contribution is 6.31. The maximum atomic E-state index is 12.7. The Morgan fingerprint density at radius 1 is 1.26 bits per heavy atom. The van der Waals surface area contributed by atoms with E-state index in [1.807, 2.05) is 31.2 Å². The normalized spacial score (nSPS) is 13.5. The van der Waals surface area contributed by atoms with Crippen molar-refractivity contribution >= 4 is 29.2 Å². The molecule has 1 aliphatic heterocycles. The minimum atomic E-state index is -0.610. The molecular formula is C22H20ClN3O5. The Morgan fingerprint density at radius 2 is 2.10 bits per heavy atom. The van der Waals surface area contributed by atoms with E-state index in [4.69, 9.17) is 25.6 Å². The van der Waals surface area contributed by atoms with Crippen molar-refractivity contribution in [2.75, 3.05) is 18.1 Å². The standard InChI is InChI=1S/C22H20ClN3O5/c1-2-29-18-7-4-3-6-16(18)21-24-19(31-25-21)13-30-22(28)15-10-9-14(23)12-17(15)26-11-5-8-20(26)27/h3-4,6-7,9-10,12H,2,5,8,11,13H2,1H3. The summed E-state index contributed by atoms with van der Waals surface area (Å²) in [5, 5.41) is 4.39. The van der Waals surface area contributed by atoms with Crippen LogP contribution < -0.4 is 9.64 Å². The average Bonchev–Trinajstić information content (AvgIpc) is 3.41. The first-order valence-corrected chi connectivity index (χ1v) is 10.3. The molecular weight excluding hydrogens is 422 g/mol. The maximum Gasteiger partial charge on any atom is 0.340 e. The Balaban J connectivity index is 1.49. The van der Waals surface area contributed by atoms with Gasteiger partial charge in [-0.05, 0) is 43.7 Å². The van der Waals surface area contributed by atoms with Crippen molar-refractivity contribution in [3.05, 3.63) is 58.9 Å². The van der Waals surface area contributed by atoms with Crippen molar-refractivity contribution in [2.24, 2.45) is 0 Å². The van der Waals surface area contributed by atoms with E-state index in [1.54, 1.807) is 23.1 Å². The van der Waals surface area contributed by atoms with Gasteiger partial charge in [0.15, 0.2) is 6.61 Å². The second kappa shape index (κ2) is 9.18. The van der Waals surface area contributed by atoms with Crippen LogP contribution in [0, 0.1) is 0 Å². The van der Waals surface area contributed by atoms with Crippen molar-refractivity contribution in [3.8, 4) is 17.1 Å². The van der Waals surface area contributed by atoms with Gasteiger partial charge < -0.3 is 18.9 Å². The Kier molecular flexibility index (Phi) is 6.18. The first-order chi connectivity index (χ1) is 15.1. The van der Waals surface area contributed by atoms with Crippen LogP contribution in [0.2, 0.25) is 5.02 Å². The third-order valence-electron chi connectivity index (χ3n) is 4.77. The van der Waals surface area contributed by atoms with Gasteiger partial charge in [-0.25, -0.2) is 4.79 Å². The van der Waals surface area contributed by atoms with E-state index in [2.05, 4.69) is 10.1 Å². The lowest BCUT2D eigenvalue weighted by molar-refractivity contribution is -0.117. The number of ether oxygens (including phenoxy) is 2. The molecule has 0 atom stereocenters. The van der Waals surface area contributed by atoms with Crippen LogP contribution in [-0.4, -0.2) is 35.2 Å². The van der Waals surface area contributed by atoms with E-state index in [1.165, 1.54) is 0 Å². The number of anilines is 1. The summed E-state index contributed by atoms with van der Waals surface area (Å²) in [5.41, 5.74) is 1.37. The Hall–Kier alpha value is -3.39. The largest absolute Gasteiger partial charge is 0.493 e. The number of halogens is 1. The van der Waals surface area contributed by atoms with Crippen LogP contribution >= 0.6 is 11.6 Å². The van der Waals surface area contributed by atoms with Gasteiger partial charge >= 0.3 is 5.97 Å². The zero-order chi connectivity index (χ0) is 21.8. The van der Waals surface area contributed by atoms with Crippen LogP contribution in [0.25, 0.3) is 11.4 Å². The highest BCUT2D eigenvalue weighted by Crippen LogP contribution is 2.30. The summed E-state index contributed by atoms with van der Waals surface area (Å²) in [6.07, 6.45) is 1.17. The van der Waals surface area contributed by atoms with E-state index in [-0.39, 0.29) is 24.0 Å². The third-order valence-corrected chi connectivity index (χ3v) is 5.00. The van der Waals surface area contributed by atoms with Crippen molar-refractivity contribution in [1.29, 1.82) is 0 Å². The minimum Gasteiger partial charge on any atom is -0.493 e. The van der Waals surface area contributed by atoms with Gasteiger partial charge in [-0.2, -0.15) is 4.98 Å². The van der Waals surface area contributed by atoms with Gasteiger partial charge in [0.05, 0.1) is 23.4 Å². The minimum absolute atomic E-state index is 0.0502. The molecule has 1 fully saturated rings. The van der Waals surface area contributed by atoms with Crippen LogP contribution in [0.5, 0.6) is 5.75 Å². The Labute approximate surface area is 183 Å². The number of benzene rings is 2. The smallest absolute Gasteiger partial charge is 0.340 e. The zero-order valence-electron chi connectivity index (χ0n) is 16.8. The molecule has 0 saturated carbocycles. The van der Waals surface area contributed by atoms with Gasteiger partial charge in [-0.3, -0.25) is 4.79 Å². The number of para-hydroxylation sites is 1. The summed E-state index contributed by atoms with van der Waals surface area (Å²) in [6, 6.07) is 12.1. The fraction of sp³-hybridized carbons (Fsp3) is 0.273. The molecule has 1 aliphatic rings. The predicted octanol–water partition coefficient (Wildman–Crippen LogP) is 4.27. The fourth-order valence-electron chi connectivity index (χ4n) is 3.36. The second-order valence-corrected chi connectivity index (χ2v) is 7.26. The molecule has 160 valence electrons. The van der Waals surface area contributed by atoms with E-state index < -0.39 is 5.97 Å². The second-order valence-electron chi connectivity index (χ2n) is 6.83. The molecule has 0 unspecified atom stereocenters. The molecule has 2 heterocycles. The third kappa shape index (κ3) is 4.54. The molecule has 0 bridgehead atoms. The zero-order valence-corrected chi connectivity index (χ0v) is 17.6. The number of esters is 1. The van der Waals surface area contributed by atoms with Crippen LogP contribution in [0.4, 0.5) is 5.69 Å². The first kappa shape index (κ1) is 20.9. The molecule has 1 amide bonds. The predicted molar refractivity (Wildman–Crippen MR) is 113 cm³/mol. The molecule has 0 aliphatic carbocycles. The molecule has 3 aromatic rings. The number of aromatic nitrogens is 2. The number of carbonyl (C=O) groups is 2. The molecule has 4 rings (SSSR count). The van der Waals surface area contributed by atoms with E-state index in [0.29, 0.717) is 47.4 Å². The number of hydrogen-bond acceptors (Lipinski definition) is 7. The molecule has 2 aromatic carbocycles. The quantitative estimate of drug-likeness (QED) is 0.505. The number of nitrogens with zero attached hydrogens (tertiary/aromatic N) is 3. The van der Waals surface area contributed by atoms with Gasteiger partial charge in [0, 0.05) is 18.0 Å². The maximum absolute atomic E-state index is 12.7. The highest BCUT2D eigenvalue weighted by atomic mass is 35.5. The molecule has 0 spiro atoms. The fourth-order valence-corrected chi connectivity index (χ4v) is 3.53. The lowest BCUT2D eigenvalue weighted by Crippen LogP contribution is -2.26. The van der Waals surface area contributed by atoms with E-state index >= 15 is 0 Å². The van der Waals surface area contributed by atoms with Gasteiger partial charge in [-0.1, -0.05) is 28.9 Å². The summed E-state index contributed by atoms with van der Waals surface area (Å²) in [5.74, 6) is 0.453. The molecule has 8 nitrogen and oxygen atoms in total. The monoisotopic (exact) mass is 441 g/mol. The Bertz CT molecular complexity index is 1110. The molecule has 9 heteroatoms. The van der Waals surface area contributed by atoms with E-state index in [0.717, 1.165) is 6.42 Å². The van der Waals surface area contributed by atoms with Gasteiger partial charge in [0.2, 0.25) is 11.7 Å². The lowest BCUT2D eigenvalue weighted by Gasteiger charge is -2.19. The summed E-state index contributed by atoms with van der Waals surface area (Å²) in [4.78, 5) is 30.7. The molecule has 1 saturated heterocycles. The number of hydrogen-bond donors (Lipinski definition) is 0. The molecule has 1 aromatic heterocycles. The molecule has 31 heavy (non-hydrogen) atoms. The van der Waals surface area contributed by atoms with Crippen molar-refractivity contribution in [3.63, 3.8) is 0 Å². The van der Waals surface area contributed by atoms with E-state index in [9.17, 15) is 9.59 Å². The van der Waals surface area contributed by atoms with Gasteiger partial charge in [-0.15, -0.1) is 0 Å². The summed E-state index contributed by atoms with van der Waals surface area (Å²) >= 11 is 6.08. The van der Waals surface area contributed by atoms with Crippen LogP contribution in [0.3, 0.4) is 0 Å². The number of rotatable bonds is 7. The van der Waals surface area contributed by atoms with Crippen molar-refractivity contribution in [1.82, 2.24) is 10.1 Å². The molecule has 0 N–H and O–H groups in total. The summed E-state index contributed by atoms with van der Waals surface area (Å²) in [6.45, 7) is 2.71. The molecule has 0 radical (unpaired) electrons. The first-order valence-electron chi connectivity index (χ1n) is 9.88.